The van der Waals surface area contributed by atoms with E-state index in [-0.39, 0.29) is 28.7 Å². The molecule has 0 saturated carbocycles. The highest BCUT2D eigenvalue weighted by molar-refractivity contribution is 7.89. The van der Waals surface area contributed by atoms with Crippen LogP contribution in [-0.4, -0.2) is 57.5 Å². The average Bonchev–Trinajstić information content (AvgIpc) is 2.76. The highest BCUT2D eigenvalue weighted by Crippen LogP contribution is 2.25. The Morgan fingerprint density at radius 1 is 1.16 bits per heavy atom. The molecular formula is C20H19ClF2N2O6S. The third-order valence-electron chi connectivity index (χ3n) is 4.62. The van der Waals surface area contributed by atoms with Crippen LogP contribution in [0.1, 0.15) is 15.9 Å². The van der Waals surface area contributed by atoms with E-state index in [1.165, 1.54) is 22.5 Å². The van der Waals surface area contributed by atoms with Gasteiger partial charge in [-0.05, 0) is 36.8 Å². The summed E-state index contributed by atoms with van der Waals surface area (Å²) in [7, 11) is -3.79. The topological polar surface area (TPSA) is 102 Å². The molecule has 0 radical (unpaired) electrons. The van der Waals surface area contributed by atoms with Crippen molar-refractivity contribution in [2.24, 2.45) is 0 Å². The molecule has 0 aliphatic carbocycles. The SMILES string of the molecule is Cc1ccc(NC(=O)COC(=O)c2cc(F)c(F)cc2Cl)cc1S(=O)(=O)N1CCOCC1. The molecule has 1 heterocycles. The maximum Gasteiger partial charge on any atom is 0.340 e. The molecule has 2 aromatic rings. The van der Waals surface area contributed by atoms with E-state index in [0.717, 1.165) is 0 Å². The number of morpholine rings is 1. The normalized spacial score (nSPS) is 14.8. The van der Waals surface area contributed by atoms with Gasteiger partial charge in [0.05, 0.1) is 28.7 Å². The molecular weight excluding hydrogens is 470 g/mol. The Morgan fingerprint density at radius 2 is 1.81 bits per heavy atom. The number of carbonyl (C=O) groups excluding carboxylic acids is 2. The minimum Gasteiger partial charge on any atom is -0.452 e. The second kappa shape index (κ2) is 9.90. The second-order valence-corrected chi connectivity index (χ2v) is 9.18. The van der Waals surface area contributed by atoms with Crippen LogP contribution in [0, 0.1) is 18.6 Å². The standard InChI is InChI=1S/C20H19ClF2N2O6S/c1-12-2-3-13(8-18(12)32(28,29)25-4-6-30-7-5-25)24-19(26)11-31-20(27)14-9-16(22)17(23)10-15(14)21/h2-3,8-10H,4-7,11H2,1H3,(H,24,26). The van der Waals surface area contributed by atoms with Crippen molar-refractivity contribution in [1.82, 2.24) is 4.31 Å². The third-order valence-corrected chi connectivity index (χ3v) is 6.98. The number of hydrogen-bond acceptors (Lipinski definition) is 6. The molecule has 32 heavy (non-hydrogen) atoms. The Morgan fingerprint density at radius 3 is 2.50 bits per heavy atom. The van der Waals surface area contributed by atoms with Crippen LogP contribution in [0.15, 0.2) is 35.2 Å². The van der Waals surface area contributed by atoms with Crippen molar-refractivity contribution < 1.29 is 36.3 Å². The molecule has 172 valence electrons. The molecule has 3 rings (SSSR count). The van der Waals surface area contributed by atoms with Crippen LogP contribution in [0.4, 0.5) is 14.5 Å². The number of esters is 1. The number of nitrogens with zero attached hydrogens (tertiary/aromatic N) is 1. The fraction of sp³-hybridized carbons (Fsp3) is 0.300. The zero-order chi connectivity index (χ0) is 23.5. The fourth-order valence-electron chi connectivity index (χ4n) is 2.97. The van der Waals surface area contributed by atoms with Crippen LogP contribution in [-0.2, 0) is 24.3 Å². The van der Waals surface area contributed by atoms with Crippen molar-refractivity contribution in [1.29, 1.82) is 0 Å². The van der Waals surface area contributed by atoms with Gasteiger partial charge >= 0.3 is 5.97 Å². The Balaban J connectivity index is 1.67. The van der Waals surface area contributed by atoms with Crippen LogP contribution in [0.3, 0.4) is 0 Å². The van der Waals surface area contributed by atoms with E-state index in [1.807, 2.05) is 0 Å². The predicted octanol–water partition coefficient (Wildman–Crippen LogP) is 2.74. The molecule has 1 aliphatic heterocycles. The molecule has 12 heteroatoms. The van der Waals surface area contributed by atoms with Gasteiger partial charge in [-0.3, -0.25) is 4.79 Å². The summed E-state index contributed by atoms with van der Waals surface area (Å²) in [6.07, 6.45) is 0. The number of halogens is 3. The number of nitrogens with one attached hydrogen (secondary N) is 1. The van der Waals surface area contributed by atoms with Crippen LogP contribution in [0.2, 0.25) is 5.02 Å². The van der Waals surface area contributed by atoms with Gasteiger partial charge in [-0.15, -0.1) is 0 Å². The Labute approximate surface area is 188 Å². The number of amides is 1. The zero-order valence-electron chi connectivity index (χ0n) is 16.9. The molecule has 0 spiro atoms. The Hall–Kier alpha value is -2.60. The van der Waals surface area contributed by atoms with Crippen molar-refractivity contribution in [2.45, 2.75) is 11.8 Å². The van der Waals surface area contributed by atoms with Crippen molar-refractivity contribution in [3.63, 3.8) is 0 Å². The molecule has 1 amide bonds. The van der Waals surface area contributed by atoms with E-state index in [9.17, 15) is 26.8 Å². The summed E-state index contributed by atoms with van der Waals surface area (Å²) in [5.74, 6) is -4.41. The average molecular weight is 489 g/mol. The minimum atomic E-state index is -3.79. The molecule has 0 atom stereocenters. The molecule has 0 unspecified atom stereocenters. The van der Waals surface area contributed by atoms with Gasteiger partial charge in [0.25, 0.3) is 5.91 Å². The van der Waals surface area contributed by atoms with E-state index >= 15 is 0 Å². The molecule has 1 aliphatic rings. The number of aryl methyl sites for hydroxylation is 1. The number of ether oxygens (including phenoxy) is 2. The van der Waals surface area contributed by atoms with Gasteiger partial charge in [0.2, 0.25) is 10.0 Å². The molecule has 2 aromatic carbocycles. The highest BCUT2D eigenvalue weighted by Gasteiger charge is 2.28. The maximum atomic E-state index is 13.3. The van der Waals surface area contributed by atoms with Crippen LogP contribution in [0.5, 0.6) is 0 Å². The van der Waals surface area contributed by atoms with Gasteiger partial charge in [0, 0.05) is 18.8 Å². The number of anilines is 1. The molecule has 1 fully saturated rings. The first-order valence-corrected chi connectivity index (χ1v) is 11.2. The third kappa shape index (κ3) is 5.41. The van der Waals surface area contributed by atoms with Crippen LogP contribution in [0.25, 0.3) is 0 Å². The molecule has 0 bridgehead atoms. The van der Waals surface area contributed by atoms with Gasteiger partial charge in [-0.1, -0.05) is 17.7 Å². The number of benzene rings is 2. The Bertz CT molecular complexity index is 1150. The lowest BCUT2D eigenvalue weighted by Gasteiger charge is -2.26. The summed E-state index contributed by atoms with van der Waals surface area (Å²) < 4.78 is 63.6. The van der Waals surface area contributed by atoms with Crippen molar-refractivity contribution >= 4 is 39.2 Å². The van der Waals surface area contributed by atoms with Gasteiger partial charge in [-0.2, -0.15) is 4.31 Å². The van der Waals surface area contributed by atoms with Gasteiger partial charge in [0.1, 0.15) is 0 Å². The van der Waals surface area contributed by atoms with Crippen molar-refractivity contribution in [3.05, 3.63) is 58.1 Å². The van der Waals surface area contributed by atoms with Gasteiger partial charge < -0.3 is 14.8 Å². The second-order valence-electron chi connectivity index (χ2n) is 6.87. The van der Waals surface area contributed by atoms with Gasteiger partial charge in [-0.25, -0.2) is 22.0 Å². The zero-order valence-corrected chi connectivity index (χ0v) is 18.4. The molecule has 1 N–H and O–H groups in total. The predicted molar refractivity (Wildman–Crippen MR) is 111 cm³/mol. The monoisotopic (exact) mass is 488 g/mol. The molecule has 1 saturated heterocycles. The van der Waals surface area contributed by atoms with Crippen LogP contribution < -0.4 is 5.32 Å². The first kappa shape index (κ1) is 24.1. The fourth-order valence-corrected chi connectivity index (χ4v) is 4.85. The Kier molecular flexibility index (Phi) is 7.44. The maximum absolute atomic E-state index is 13.3. The number of hydrogen-bond donors (Lipinski definition) is 1. The largest absolute Gasteiger partial charge is 0.452 e. The first-order valence-electron chi connectivity index (χ1n) is 9.39. The van der Waals surface area contributed by atoms with Crippen LogP contribution >= 0.6 is 11.6 Å². The van der Waals surface area contributed by atoms with E-state index in [0.29, 0.717) is 30.9 Å². The number of carbonyl (C=O) groups is 2. The quantitative estimate of drug-likeness (QED) is 0.495. The lowest BCUT2D eigenvalue weighted by molar-refractivity contribution is -0.119. The first-order chi connectivity index (χ1) is 15.1. The lowest BCUT2D eigenvalue weighted by atomic mass is 10.2. The summed E-state index contributed by atoms with van der Waals surface area (Å²) in [6, 6.07) is 5.54. The molecule has 8 nitrogen and oxygen atoms in total. The van der Waals surface area contributed by atoms with E-state index in [2.05, 4.69) is 5.32 Å². The van der Waals surface area contributed by atoms with E-state index in [1.54, 1.807) is 6.92 Å². The lowest BCUT2D eigenvalue weighted by Crippen LogP contribution is -2.40. The summed E-state index contributed by atoms with van der Waals surface area (Å²) in [4.78, 5) is 24.2. The highest BCUT2D eigenvalue weighted by atomic mass is 35.5. The van der Waals surface area contributed by atoms with Crippen molar-refractivity contribution in [2.75, 3.05) is 38.2 Å². The summed E-state index contributed by atoms with van der Waals surface area (Å²) >= 11 is 5.70. The summed E-state index contributed by atoms with van der Waals surface area (Å²) in [6.45, 7) is 1.91. The van der Waals surface area contributed by atoms with E-state index < -0.39 is 45.7 Å². The molecule has 0 aromatic heterocycles. The van der Waals surface area contributed by atoms with E-state index in [4.69, 9.17) is 21.1 Å². The number of sulfonamides is 1. The van der Waals surface area contributed by atoms with Crippen molar-refractivity contribution in [3.8, 4) is 0 Å². The number of rotatable bonds is 6. The smallest absolute Gasteiger partial charge is 0.340 e. The van der Waals surface area contributed by atoms with Gasteiger partial charge in [0.15, 0.2) is 18.2 Å². The summed E-state index contributed by atoms with van der Waals surface area (Å²) in [5, 5.41) is 2.07. The summed E-state index contributed by atoms with van der Waals surface area (Å²) in [5.41, 5.74) is 0.232. The minimum absolute atomic E-state index is 0.0303.